The lowest BCUT2D eigenvalue weighted by molar-refractivity contribution is 0.511. The molecule has 92 valence electrons. The van der Waals surface area contributed by atoms with E-state index in [1.165, 1.54) is 24.4 Å². The number of nitrogens with zero attached hydrogens (tertiary/aromatic N) is 2. The summed E-state index contributed by atoms with van der Waals surface area (Å²) in [5.41, 5.74) is 6.05. The highest BCUT2D eigenvalue weighted by atomic mass is 35.5. The molecule has 1 aromatic carbocycles. The summed E-state index contributed by atoms with van der Waals surface area (Å²) < 4.78 is 27.0. The molecule has 0 amide bonds. The van der Waals surface area contributed by atoms with Gasteiger partial charge in [0.2, 0.25) is 0 Å². The summed E-state index contributed by atoms with van der Waals surface area (Å²) in [7, 11) is 0. The average Bonchev–Trinajstić information content (AvgIpc) is 2.36. The Morgan fingerprint density at radius 2 is 2.00 bits per heavy atom. The number of halogens is 3. The lowest BCUT2D eigenvalue weighted by atomic mass is 10.2. The minimum atomic E-state index is -1.14. The van der Waals surface area contributed by atoms with Crippen LogP contribution in [0.5, 0.6) is 0 Å². The van der Waals surface area contributed by atoms with Crippen LogP contribution in [-0.4, -0.2) is 9.97 Å². The summed E-state index contributed by atoms with van der Waals surface area (Å²) >= 11 is 5.46. The molecule has 0 unspecified atom stereocenters. The Labute approximate surface area is 107 Å². The first-order chi connectivity index (χ1) is 8.54. The first-order valence-electron chi connectivity index (χ1n) is 4.93. The van der Waals surface area contributed by atoms with Gasteiger partial charge >= 0.3 is 0 Å². The predicted molar refractivity (Wildman–Crippen MR) is 66.9 cm³/mol. The molecule has 0 spiro atoms. The van der Waals surface area contributed by atoms with E-state index in [1.807, 2.05) is 0 Å². The normalized spacial score (nSPS) is 10.4. The molecule has 0 aliphatic rings. The van der Waals surface area contributed by atoms with Crippen molar-refractivity contribution in [2.24, 2.45) is 0 Å². The van der Waals surface area contributed by atoms with E-state index in [-0.39, 0.29) is 22.2 Å². The van der Waals surface area contributed by atoms with E-state index in [4.69, 9.17) is 17.3 Å². The highest BCUT2D eigenvalue weighted by Gasteiger charge is 2.16. The topological polar surface area (TPSA) is 51.8 Å². The third kappa shape index (κ3) is 2.04. The number of aromatic nitrogens is 2. The fraction of sp³-hybridized carbons (Fsp3) is 0. The molecule has 0 saturated heterocycles. The summed E-state index contributed by atoms with van der Waals surface area (Å²) in [5.74, 6) is -2.10. The quantitative estimate of drug-likeness (QED) is 0.850. The van der Waals surface area contributed by atoms with Gasteiger partial charge < -0.3 is 5.73 Å². The summed E-state index contributed by atoms with van der Waals surface area (Å²) in [6, 6.07) is 2.53. The monoisotopic (exact) mass is 267 g/mol. The van der Waals surface area contributed by atoms with Gasteiger partial charge in [0.15, 0.2) is 17.5 Å². The number of anilines is 1. The molecule has 0 bridgehead atoms. The van der Waals surface area contributed by atoms with Gasteiger partial charge in [0, 0.05) is 11.8 Å². The first-order valence-corrected chi connectivity index (χ1v) is 5.31. The van der Waals surface area contributed by atoms with Gasteiger partial charge in [0.1, 0.15) is 5.82 Å². The molecule has 0 fully saturated rings. The Balaban J connectivity index is 2.59. The van der Waals surface area contributed by atoms with E-state index in [0.717, 1.165) is 0 Å². The highest BCUT2D eigenvalue weighted by molar-refractivity contribution is 6.30. The van der Waals surface area contributed by atoms with Crippen LogP contribution in [0, 0.1) is 11.6 Å². The lowest BCUT2D eigenvalue weighted by Gasteiger charge is -2.06. The molecule has 0 radical (unpaired) electrons. The van der Waals surface area contributed by atoms with Crippen LogP contribution < -0.4 is 5.73 Å². The zero-order valence-corrected chi connectivity index (χ0v) is 9.88. The van der Waals surface area contributed by atoms with Crippen LogP contribution in [0.15, 0.2) is 24.9 Å². The third-order valence-corrected chi connectivity index (χ3v) is 2.64. The van der Waals surface area contributed by atoms with E-state index in [2.05, 4.69) is 16.5 Å². The number of rotatable bonds is 2. The van der Waals surface area contributed by atoms with Crippen LogP contribution in [0.25, 0.3) is 17.5 Å². The molecule has 2 aromatic rings. The summed E-state index contributed by atoms with van der Waals surface area (Å²) in [6.07, 6.45) is 2.86. The number of benzene rings is 1. The largest absolute Gasteiger partial charge is 0.383 e. The van der Waals surface area contributed by atoms with Gasteiger partial charge in [-0.05, 0) is 12.1 Å². The molecule has 1 heterocycles. The standard InChI is InChI=1S/C12H8ClF2N3/c1-2-6-5-17-12(18-11(6)16)7-3-4-8(13)10(15)9(7)14/h2-5H,1H2,(H2,16,17,18). The second-order valence-electron chi connectivity index (χ2n) is 3.46. The van der Waals surface area contributed by atoms with Crippen molar-refractivity contribution in [3.8, 4) is 11.4 Å². The van der Waals surface area contributed by atoms with Crippen LogP contribution in [0.2, 0.25) is 5.02 Å². The van der Waals surface area contributed by atoms with E-state index in [0.29, 0.717) is 5.56 Å². The van der Waals surface area contributed by atoms with Gasteiger partial charge in [-0.15, -0.1) is 0 Å². The van der Waals surface area contributed by atoms with Gasteiger partial charge in [0.05, 0.1) is 10.6 Å². The van der Waals surface area contributed by atoms with Gasteiger partial charge in [-0.1, -0.05) is 24.3 Å². The summed E-state index contributed by atoms with van der Waals surface area (Å²) in [4.78, 5) is 7.79. The average molecular weight is 268 g/mol. The van der Waals surface area contributed by atoms with Gasteiger partial charge in [0.25, 0.3) is 0 Å². The minimum absolute atomic E-state index is 0.00818. The number of hydrogen-bond donors (Lipinski definition) is 1. The molecule has 2 rings (SSSR count). The molecule has 1 aromatic heterocycles. The van der Waals surface area contributed by atoms with E-state index >= 15 is 0 Å². The van der Waals surface area contributed by atoms with E-state index < -0.39 is 11.6 Å². The van der Waals surface area contributed by atoms with Gasteiger partial charge in [-0.3, -0.25) is 0 Å². The zero-order chi connectivity index (χ0) is 13.3. The fourth-order valence-corrected chi connectivity index (χ4v) is 1.54. The zero-order valence-electron chi connectivity index (χ0n) is 9.12. The highest BCUT2D eigenvalue weighted by Crippen LogP contribution is 2.27. The molecular formula is C12H8ClF2N3. The number of nitrogens with two attached hydrogens (primary N) is 1. The number of nitrogen functional groups attached to an aromatic ring is 1. The molecule has 0 aliphatic carbocycles. The van der Waals surface area contributed by atoms with Gasteiger partial charge in [-0.25, -0.2) is 18.7 Å². The molecule has 18 heavy (non-hydrogen) atoms. The second kappa shape index (κ2) is 4.70. The molecule has 0 saturated carbocycles. The van der Waals surface area contributed by atoms with Gasteiger partial charge in [-0.2, -0.15) is 0 Å². The van der Waals surface area contributed by atoms with Crippen LogP contribution >= 0.6 is 11.6 Å². The smallest absolute Gasteiger partial charge is 0.178 e. The van der Waals surface area contributed by atoms with Crippen molar-refractivity contribution in [3.05, 3.63) is 47.1 Å². The molecule has 3 nitrogen and oxygen atoms in total. The summed E-state index contributed by atoms with van der Waals surface area (Å²) in [5, 5.41) is -0.299. The van der Waals surface area contributed by atoms with Crippen molar-refractivity contribution >= 4 is 23.5 Å². The Kier molecular flexibility index (Phi) is 3.25. The Morgan fingerprint density at radius 1 is 1.28 bits per heavy atom. The molecule has 0 aliphatic heterocycles. The minimum Gasteiger partial charge on any atom is -0.383 e. The van der Waals surface area contributed by atoms with E-state index in [1.54, 1.807) is 0 Å². The van der Waals surface area contributed by atoms with Crippen LogP contribution in [-0.2, 0) is 0 Å². The lowest BCUT2D eigenvalue weighted by Crippen LogP contribution is -2.00. The van der Waals surface area contributed by atoms with Crippen molar-refractivity contribution in [2.45, 2.75) is 0 Å². The van der Waals surface area contributed by atoms with Crippen molar-refractivity contribution in [1.82, 2.24) is 9.97 Å². The van der Waals surface area contributed by atoms with Crippen LogP contribution in [0.1, 0.15) is 5.56 Å². The molecule has 0 atom stereocenters. The Hall–Kier alpha value is -2.01. The maximum atomic E-state index is 13.7. The second-order valence-corrected chi connectivity index (χ2v) is 3.87. The van der Waals surface area contributed by atoms with Crippen LogP contribution in [0.4, 0.5) is 14.6 Å². The maximum absolute atomic E-state index is 13.7. The maximum Gasteiger partial charge on any atom is 0.178 e. The number of hydrogen-bond acceptors (Lipinski definition) is 3. The van der Waals surface area contributed by atoms with E-state index in [9.17, 15) is 8.78 Å². The fourth-order valence-electron chi connectivity index (χ4n) is 1.39. The predicted octanol–water partition coefficient (Wildman–Crippen LogP) is 3.30. The Morgan fingerprint density at radius 3 is 2.61 bits per heavy atom. The Bertz CT molecular complexity index is 629. The molecular weight excluding hydrogens is 260 g/mol. The first kappa shape index (κ1) is 12.4. The van der Waals surface area contributed by atoms with Crippen molar-refractivity contribution < 1.29 is 8.78 Å². The van der Waals surface area contributed by atoms with Crippen LogP contribution in [0.3, 0.4) is 0 Å². The van der Waals surface area contributed by atoms with Crippen molar-refractivity contribution in [3.63, 3.8) is 0 Å². The summed E-state index contributed by atoms with van der Waals surface area (Å²) in [6.45, 7) is 3.53. The van der Waals surface area contributed by atoms with Crippen molar-refractivity contribution in [2.75, 3.05) is 5.73 Å². The molecule has 6 heteroatoms. The molecule has 2 N–H and O–H groups in total. The SMILES string of the molecule is C=Cc1cnc(-c2ccc(Cl)c(F)c2F)nc1N. The van der Waals surface area contributed by atoms with Crippen molar-refractivity contribution in [1.29, 1.82) is 0 Å². The third-order valence-electron chi connectivity index (χ3n) is 2.34.